The van der Waals surface area contributed by atoms with E-state index in [1.165, 1.54) is 4.88 Å². The van der Waals surface area contributed by atoms with Gasteiger partial charge >= 0.3 is 12.0 Å². The number of urea groups is 1. The summed E-state index contributed by atoms with van der Waals surface area (Å²) in [5.74, 6) is -0.945. The molecule has 5 nitrogen and oxygen atoms in total. The van der Waals surface area contributed by atoms with Crippen molar-refractivity contribution in [3.05, 3.63) is 21.9 Å². The molecule has 2 rings (SSSR count). The molecule has 2 amide bonds. The lowest BCUT2D eigenvalue weighted by Gasteiger charge is -2.27. The van der Waals surface area contributed by atoms with Crippen molar-refractivity contribution in [3.63, 3.8) is 0 Å². The van der Waals surface area contributed by atoms with E-state index in [0.717, 1.165) is 17.7 Å². The predicted molar refractivity (Wildman–Crippen MR) is 77.9 cm³/mol. The summed E-state index contributed by atoms with van der Waals surface area (Å²) in [5.41, 5.74) is -1.17. The summed E-state index contributed by atoms with van der Waals surface area (Å²) < 4.78 is 0. The molecular weight excluding hydrogens is 276 g/mol. The zero-order chi connectivity index (χ0) is 14.9. The third-order valence-corrected chi connectivity index (χ3v) is 4.93. The minimum absolute atomic E-state index is 0.0324. The van der Waals surface area contributed by atoms with Crippen LogP contribution in [-0.4, -0.2) is 22.6 Å². The number of hydrogen-bond donors (Lipinski definition) is 3. The first kappa shape index (κ1) is 14.8. The summed E-state index contributed by atoms with van der Waals surface area (Å²) in [6.07, 6.45) is 1.70. The summed E-state index contributed by atoms with van der Waals surface area (Å²) in [6, 6.07) is 3.41. The van der Waals surface area contributed by atoms with E-state index in [2.05, 4.69) is 10.6 Å². The molecule has 1 heterocycles. The third-order valence-electron chi connectivity index (χ3n) is 3.75. The molecule has 0 spiro atoms. The summed E-state index contributed by atoms with van der Waals surface area (Å²) in [7, 11) is 0. The number of aryl methyl sites for hydroxylation is 1. The fourth-order valence-corrected chi connectivity index (χ4v) is 3.10. The molecule has 2 atom stereocenters. The van der Waals surface area contributed by atoms with Crippen molar-refractivity contribution in [1.82, 2.24) is 10.6 Å². The Hall–Kier alpha value is -1.56. The SMILES string of the molecule is Cc1ccc(C(C)NC(=O)NC(C)(C(=O)O)C2CC2)s1. The largest absolute Gasteiger partial charge is 0.480 e. The zero-order valence-corrected chi connectivity index (χ0v) is 12.7. The van der Waals surface area contributed by atoms with Crippen LogP contribution in [0.15, 0.2) is 12.1 Å². The Morgan fingerprint density at radius 3 is 2.55 bits per heavy atom. The van der Waals surface area contributed by atoms with Gasteiger partial charge in [-0.15, -0.1) is 11.3 Å². The second-order valence-electron chi connectivity index (χ2n) is 5.55. The van der Waals surface area contributed by atoms with Gasteiger partial charge in [-0.25, -0.2) is 9.59 Å². The van der Waals surface area contributed by atoms with Crippen LogP contribution in [0.25, 0.3) is 0 Å². The van der Waals surface area contributed by atoms with E-state index in [1.54, 1.807) is 18.3 Å². The maximum Gasteiger partial charge on any atom is 0.329 e. The Morgan fingerprint density at radius 2 is 2.10 bits per heavy atom. The van der Waals surface area contributed by atoms with E-state index in [9.17, 15) is 14.7 Å². The van der Waals surface area contributed by atoms with Gasteiger partial charge in [0.2, 0.25) is 0 Å². The summed E-state index contributed by atoms with van der Waals surface area (Å²) in [4.78, 5) is 25.6. The number of carboxylic acid groups (broad SMARTS) is 1. The lowest BCUT2D eigenvalue weighted by molar-refractivity contribution is -0.144. The molecule has 0 bridgehead atoms. The normalized spacial score (nSPS) is 18.9. The van der Waals surface area contributed by atoms with E-state index in [4.69, 9.17) is 0 Å². The van der Waals surface area contributed by atoms with Crippen molar-refractivity contribution >= 4 is 23.3 Å². The molecule has 1 fully saturated rings. The molecule has 1 aromatic heterocycles. The van der Waals surface area contributed by atoms with Crippen molar-refractivity contribution in [1.29, 1.82) is 0 Å². The van der Waals surface area contributed by atoms with Crippen LogP contribution in [0.5, 0.6) is 0 Å². The Balaban J connectivity index is 1.96. The highest BCUT2D eigenvalue weighted by Gasteiger charge is 2.48. The van der Waals surface area contributed by atoms with E-state index >= 15 is 0 Å². The van der Waals surface area contributed by atoms with E-state index < -0.39 is 17.5 Å². The number of thiophene rings is 1. The topological polar surface area (TPSA) is 78.4 Å². The molecule has 0 aliphatic heterocycles. The van der Waals surface area contributed by atoms with Crippen molar-refractivity contribution in [3.8, 4) is 0 Å². The molecule has 3 N–H and O–H groups in total. The van der Waals surface area contributed by atoms with Crippen LogP contribution in [0.3, 0.4) is 0 Å². The van der Waals surface area contributed by atoms with Crippen LogP contribution in [0.1, 0.15) is 42.5 Å². The average molecular weight is 296 g/mol. The van der Waals surface area contributed by atoms with Gasteiger partial charge in [0.05, 0.1) is 6.04 Å². The lowest BCUT2D eigenvalue weighted by atomic mass is 9.96. The van der Waals surface area contributed by atoms with Crippen LogP contribution in [-0.2, 0) is 4.79 Å². The maximum absolute atomic E-state index is 12.0. The molecule has 20 heavy (non-hydrogen) atoms. The molecular formula is C14H20N2O3S. The number of carbonyl (C=O) groups excluding carboxylic acids is 1. The first-order valence-corrected chi connectivity index (χ1v) is 7.53. The first-order valence-electron chi connectivity index (χ1n) is 6.71. The summed E-state index contributed by atoms with van der Waals surface area (Å²) in [5, 5.41) is 14.7. The monoisotopic (exact) mass is 296 g/mol. The van der Waals surface area contributed by atoms with Gasteiger partial charge in [0.15, 0.2) is 0 Å². The molecule has 110 valence electrons. The van der Waals surface area contributed by atoms with Crippen LogP contribution >= 0.6 is 11.3 Å². The van der Waals surface area contributed by atoms with Crippen molar-refractivity contribution in [2.75, 3.05) is 0 Å². The predicted octanol–water partition coefficient (Wildman–Crippen LogP) is 2.67. The number of hydrogen-bond acceptors (Lipinski definition) is 3. The van der Waals surface area contributed by atoms with Gasteiger partial charge in [0.1, 0.15) is 5.54 Å². The lowest BCUT2D eigenvalue weighted by Crippen LogP contribution is -2.56. The molecule has 1 aromatic rings. The van der Waals surface area contributed by atoms with Crippen molar-refractivity contribution in [2.45, 2.75) is 45.2 Å². The summed E-state index contributed by atoms with van der Waals surface area (Å²) in [6.45, 7) is 5.47. The minimum atomic E-state index is -1.17. The smallest absolute Gasteiger partial charge is 0.329 e. The van der Waals surface area contributed by atoms with E-state index in [0.29, 0.717) is 0 Å². The molecule has 1 aliphatic rings. The second-order valence-corrected chi connectivity index (χ2v) is 6.87. The number of amides is 2. The molecule has 1 aliphatic carbocycles. The Morgan fingerprint density at radius 1 is 1.45 bits per heavy atom. The van der Waals surface area contributed by atoms with Crippen molar-refractivity contribution in [2.24, 2.45) is 5.92 Å². The molecule has 2 unspecified atom stereocenters. The van der Waals surface area contributed by atoms with Gasteiger partial charge in [-0.3, -0.25) is 0 Å². The molecule has 0 aromatic carbocycles. The van der Waals surface area contributed by atoms with E-state index in [1.807, 2.05) is 26.0 Å². The third kappa shape index (κ3) is 3.12. The van der Waals surface area contributed by atoms with Gasteiger partial charge in [-0.05, 0) is 51.7 Å². The fourth-order valence-electron chi connectivity index (χ4n) is 2.22. The average Bonchev–Trinajstić information content (AvgIpc) is 3.11. The standard InChI is InChI=1S/C14H20N2O3S/c1-8-4-7-11(20-8)9(2)15-13(19)16-14(3,12(17)18)10-5-6-10/h4,7,9-10H,5-6H2,1-3H3,(H,17,18)(H2,15,16,19). The van der Waals surface area contributed by atoms with Crippen LogP contribution < -0.4 is 10.6 Å². The van der Waals surface area contributed by atoms with Gasteiger partial charge in [-0.1, -0.05) is 0 Å². The van der Waals surface area contributed by atoms with Gasteiger partial charge in [0, 0.05) is 9.75 Å². The highest BCUT2D eigenvalue weighted by atomic mass is 32.1. The molecule has 1 saturated carbocycles. The Labute approximate surface area is 122 Å². The highest BCUT2D eigenvalue weighted by Crippen LogP contribution is 2.39. The number of nitrogens with one attached hydrogen (secondary N) is 2. The maximum atomic E-state index is 12.0. The number of carboxylic acids is 1. The summed E-state index contributed by atoms with van der Waals surface area (Å²) >= 11 is 1.62. The Kier molecular flexibility index (Phi) is 4.04. The first-order chi connectivity index (χ1) is 9.33. The van der Waals surface area contributed by atoms with Crippen LogP contribution in [0.2, 0.25) is 0 Å². The molecule has 6 heteroatoms. The number of rotatable bonds is 5. The van der Waals surface area contributed by atoms with E-state index in [-0.39, 0.29) is 12.0 Å². The highest BCUT2D eigenvalue weighted by molar-refractivity contribution is 7.12. The zero-order valence-electron chi connectivity index (χ0n) is 11.9. The Bertz CT molecular complexity index is 524. The molecule has 0 saturated heterocycles. The number of aliphatic carboxylic acids is 1. The van der Waals surface area contributed by atoms with Gasteiger partial charge < -0.3 is 15.7 Å². The molecule has 0 radical (unpaired) electrons. The van der Waals surface area contributed by atoms with Crippen LogP contribution in [0, 0.1) is 12.8 Å². The van der Waals surface area contributed by atoms with Gasteiger partial charge in [0.25, 0.3) is 0 Å². The number of carbonyl (C=O) groups is 2. The van der Waals surface area contributed by atoms with Gasteiger partial charge in [-0.2, -0.15) is 0 Å². The minimum Gasteiger partial charge on any atom is -0.480 e. The van der Waals surface area contributed by atoms with Crippen LogP contribution in [0.4, 0.5) is 4.79 Å². The fraction of sp³-hybridized carbons (Fsp3) is 0.571. The van der Waals surface area contributed by atoms with Crippen molar-refractivity contribution < 1.29 is 14.7 Å². The second kappa shape index (κ2) is 5.44. The quantitative estimate of drug-likeness (QED) is 0.781.